The van der Waals surface area contributed by atoms with Gasteiger partial charge in [0.15, 0.2) is 5.82 Å². The van der Waals surface area contributed by atoms with Crippen LogP contribution >= 0.6 is 15.9 Å². The van der Waals surface area contributed by atoms with E-state index in [1.54, 1.807) is 0 Å². The lowest BCUT2D eigenvalue weighted by atomic mass is 9.99. The zero-order valence-electron chi connectivity index (χ0n) is 9.60. The molecule has 1 heterocycles. The van der Waals surface area contributed by atoms with E-state index >= 15 is 0 Å². The van der Waals surface area contributed by atoms with Crippen LogP contribution in [-0.4, -0.2) is 19.0 Å². The van der Waals surface area contributed by atoms with Crippen molar-refractivity contribution in [1.29, 1.82) is 0 Å². The number of carbonyl (C=O) groups excluding carboxylic acids is 1. The zero-order chi connectivity index (χ0) is 13.1. The molecule has 2 N–H and O–H groups in total. The molecule has 0 aliphatic carbocycles. The number of carbonyl (C=O) groups is 1. The van der Waals surface area contributed by atoms with E-state index in [-0.39, 0.29) is 22.0 Å². The average molecular weight is 319 g/mol. The van der Waals surface area contributed by atoms with Crippen LogP contribution < -0.4 is 10.6 Å². The molecule has 1 atom stereocenters. The first kappa shape index (κ1) is 13.4. The van der Waals surface area contributed by atoms with E-state index in [4.69, 9.17) is 0 Å². The van der Waals surface area contributed by atoms with Gasteiger partial charge in [-0.25, -0.2) is 8.78 Å². The second-order valence-corrected chi connectivity index (χ2v) is 5.13. The Morgan fingerprint density at radius 2 is 2.22 bits per heavy atom. The summed E-state index contributed by atoms with van der Waals surface area (Å²) in [5, 5.41) is 5.62. The maximum Gasteiger partial charge on any atom is 0.228 e. The van der Waals surface area contributed by atoms with Crippen LogP contribution in [0.4, 0.5) is 14.5 Å². The van der Waals surface area contributed by atoms with E-state index < -0.39 is 11.6 Å². The third kappa shape index (κ3) is 3.05. The lowest BCUT2D eigenvalue weighted by molar-refractivity contribution is -0.120. The van der Waals surface area contributed by atoms with Gasteiger partial charge < -0.3 is 10.6 Å². The quantitative estimate of drug-likeness (QED) is 0.880. The van der Waals surface area contributed by atoms with Crippen LogP contribution in [0.2, 0.25) is 0 Å². The summed E-state index contributed by atoms with van der Waals surface area (Å²) < 4.78 is 26.7. The van der Waals surface area contributed by atoms with Crippen molar-refractivity contribution in [1.82, 2.24) is 5.32 Å². The Hall–Kier alpha value is -1.01. The Labute approximate surface area is 112 Å². The van der Waals surface area contributed by atoms with Gasteiger partial charge in [-0.1, -0.05) is 0 Å². The van der Waals surface area contributed by atoms with Gasteiger partial charge in [-0.3, -0.25) is 4.79 Å². The lowest BCUT2D eigenvalue weighted by Crippen LogP contribution is -2.37. The number of anilines is 1. The van der Waals surface area contributed by atoms with E-state index in [1.807, 2.05) is 0 Å². The molecule has 0 saturated carbocycles. The zero-order valence-corrected chi connectivity index (χ0v) is 11.2. The topological polar surface area (TPSA) is 41.1 Å². The number of nitrogens with one attached hydrogen (secondary N) is 2. The van der Waals surface area contributed by atoms with Crippen LogP contribution in [-0.2, 0) is 4.79 Å². The molecule has 3 nitrogen and oxygen atoms in total. The summed E-state index contributed by atoms with van der Waals surface area (Å²) in [6.07, 6.45) is 1.70. The molecule has 1 aliphatic rings. The van der Waals surface area contributed by atoms with Gasteiger partial charge in [-0.05, 0) is 41.4 Å². The summed E-state index contributed by atoms with van der Waals surface area (Å²) >= 11 is 3.04. The largest absolute Gasteiger partial charge is 0.322 e. The molecule has 1 unspecified atom stereocenters. The maximum atomic E-state index is 13.5. The van der Waals surface area contributed by atoms with Crippen molar-refractivity contribution < 1.29 is 13.6 Å². The fraction of sp³-hybridized carbons (Fsp3) is 0.417. The molecule has 0 spiro atoms. The van der Waals surface area contributed by atoms with Gasteiger partial charge in [-0.2, -0.15) is 0 Å². The molecular weight excluding hydrogens is 306 g/mol. The van der Waals surface area contributed by atoms with Crippen molar-refractivity contribution in [3.8, 4) is 0 Å². The van der Waals surface area contributed by atoms with Gasteiger partial charge in [0, 0.05) is 17.1 Å². The average Bonchev–Trinajstić information content (AvgIpc) is 2.34. The van der Waals surface area contributed by atoms with Gasteiger partial charge >= 0.3 is 0 Å². The normalized spacial score (nSPS) is 19.6. The summed E-state index contributed by atoms with van der Waals surface area (Å²) in [6.45, 7) is 1.49. The van der Waals surface area contributed by atoms with Crippen LogP contribution in [0.15, 0.2) is 16.6 Å². The molecule has 0 radical (unpaired) electrons. The van der Waals surface area contributed by atoms with Gasteiger partial charge in [0.2, 0.25) is 5.91 Å². The summed E-state index contributed by atoms with van der Waals surface area (Å²) in [6, 6.07) is 1.87. The standard InChI is InChI=1S/C12H13BrF2N2O/c13-9-4-8(14)5-10(15)11(9)17-12(18)7-2-1-3-16-6-7/h4-5,7,16H,1-3,6H2,(H,17,18). The molecule has 6 heteroatoms. The number of hydrogen-bond donors (Lipinski definition) is 2. The predicted molar refractivity (Wildman–Crippen MR) is 68.3 cm³/mol. The highest BCUT2D eigenvalue weighted by atomic mass is 79.9. The molecule has 1 fully saturated rings. The number of piperidine rings is 1. The number of hydrogen-bond acceptors (Lipinski definition) is 2. The minimum Gasteiger partial charge on any atom is -0.322 e. The van der Waals surface area contributed by atoms with Crippen molar-refractivity contribution >= 4 is 27.5 Å². The lowest BCUT2D eigenvalue weighted by Gasteiger charge is -2.22. The predicted octanol–water partition coefficient (Wildman–Crippen LogP) is 2.67. The Kier molecular flexibility index (Phi) is 4.29. The second-order valence-electron chi connectivity index (χ2n) is 4.28. The van der Waals surface area contributed by atoms with E-state index in [0.717, 1.165) is 31.5 Å². The molecule has 18 heavy (non-hydrogen) atoms. The summed E-state index contributed by atoms with van der Waals surface area (Å²) in [5.41, 5.74) is -0.00743. The van der Waals surface area contributed by atoms with Gasteiger partial charge in [-0.15, -0.1) is 0 Å². The summed E-state index contributed by atoms with van der Waals surface area (Å²) in [4.78, 5) is 11.9. The third-order valence-electron chi connectivity index (χ3n) is 2.92. The number of rotatable bonds is 2. The van der Waals surface area contributed by atoms with Crippen LogP contribution in [0, 0.1) is 17.6 Å². The molecular formula is C12H13BrF2N2O. The Balaban J connectivity index is 2.11. The van der Waals surface area contributed by atoms with Crippen LogP contribution in [0.3, 0.4) is 0 Å². The van der Waals surface area contributed by atoms with E-state index in [9.17, 15) is 13.6 Å². The molecule has 1 aromatic rings. The van der Waals surface area contributed by atoms with E-state index in [1.165, 1.54) is 0 Å². The smallest absolute Gasteiger partial charge is 0.228 e. The van der Waals surface area contributed by atoms with Gasteiger partial charge in [0.1, 0.15) is 5.82 Å². The van der Waals surface area contributed by atoms with Crippen molar-refractivity contribution in [2.24, 2.45) is 5.92 Å². The SMILES string of the molecule is O=C(Nc1c(F)cc(F)cc1Br)C1CCCNC1. The molecule has 0 bridgehead atoms. The fourth-order valence-corrected chi connectivity index (χ4v) is 2.47. The molecule has 2 rings (SSSR count). The Morgan fingerprint density at radius 1 is 1.44 bits per heavy atom. The van der Waals surface area contributed by atoms with Crippen LogP contribution in [0.5, 0.6) is 0 Å². The molecule has 0 aromatic heterocycles. The first-order valence-corrected chi connectivity index (χ1v) is 6.53. The minimum absolute atomic E-state index is 0.00743. The van der Waals surface area contributed by atoms with Crippen molar-refractivity contribution in [2.75, 3.05) is 18.4 Å². The molecule has 1 amide bonds. The van der Waals surface area contributed by atoms with Crippen molar-refractivity contribution in [3.63, 3.8) is 0 Å². The molecule has 98 valence electrons. The number of halogens is 3. The summed E-state index contributed by atoms with van der Waals surface area (Å²) in [7, 11) is 0. The Bertz CT molecular complexity index is 438. The van der Waals surface area contributed by atoms with Crippen LogP contribution in [0.25, 0.3) is 0 Å². The van der Waals surface area contributed by atoms with E-state index in [2.05, 4.69) is 26.6 Å². The molecule has 1 aliphatic heterocycles. The molecule has 1 aromatic carbocycles. The monoisotopic (exact) mass is 318 g/mol. The minimum atomic E-state index is -0.779. The highest BCUT2D eigenvalue weighted by molar-refractivity contribution is 9.10. The van der Waals surface area contributed by atoms with Crippen molar-refractivity contribution in [2.45, 2.75) is 12.8 Å². The maximum absolute atomic E-state index is 13.5. The first-order chi connectivity index (χ1) is 8.58. The number of benzene rings is 1. The first-order valence-electron chi connectivity index (χ1n) is 5.74. The summed E-state index contributed by atoms with van der Waals surface area (Å²) in [5.74, 6) is -1.88. The van der Waals surface area contributed by atoms with E-state index in [0.29, 0.717) is 6.54 Å². The van der Waals surface area contributed by atoms with Crippen molar-refractivity contribution in [3.05, 3.63) is 28.2 Å². The fourth-order valence-electron chi connectivity index (χ4n) is 1.96. The highest BCUT2D eigenvalue weighted by Gasteiger charge is 2.22. The van der Waals surface area contributed by atoms with Gasteiger partial charge in [0.05, 0.1) is 11.6 Å². The second kappa shape index (κ2) is 5.75. The highest BCUT2D eigenvalue weighted by Crippen LogP contribution is 2.27. The number of amides is 1. The Morgan fingerprint density at radius 3 is 2.83 bits per heavy atom. The van der Waals surface area contributed by atoms with Gasteiger partial charge in [0.25, 0.3) is 0 Å². The van der Waals surface area contributed by atoms with Crippen LogP contribution in [0.1, 0.15) is 12.8 Å². The third-order valence-corrected chi connectivity index (χ3v) is 3.55. The molecule has 1 saturated heterocycles.